The van der Waals surface area contributed by atoms with Crippen molar-refractivity contribution in [3.05, 3.63) is 54.2 Å². The van der Waals surface area contributed by atoms with Gasteiger partial charge in [0.1, 0.15) is 0 Å². The number of ketones is 1. The zero-order valence-electron chi connectivity index (χ0n) is 9.84. The lowest BCUT2D eigenvalue weighted by Gasteiger charge is -1.98. The van der Waals surface area contributed by atoms with Gasteiger partial charge in [0.15, 0.2) is 11.4 Å². The number of rotatable bonds is 2. The number of thiophene rings is 1. The topological polar surface area (TPSA) is 52.2 Å². The fraction of sp³-hybridized carbons (Fsp3) is 0.0769. The Bertz CT molecular complexity index is 843. The van der Waals surface area contributed by atoms with E-state index in [0.29, 0.717) is 22.2 Å². The maximum absolute atomic E-state index is 12.3. The number of nitrogens with zero attached hydrogens (tertiary/aromatic N) is 1. The molecule has 3 aromatic rings. The second-order valence-corrected chi connectivity index (χ2v) is 6.88. The molecule has 0 aliphatic rings. The van der Waals surface area contributed by atoms with E-state index in [4.69, 9.17) is 4.42 Å². The second-order valence-electron chi connectivity index (χ2n) is 4.08. The Kier molecular flexibility index (Phi) is 3.06. The Morgan fingerprint density at radius 2 is 2.11 bits per heavy atom. The maximum atomic E-state index is 12.3. The van der Waals surface area contributed by atoms with E-state index in [2.05, 4.69) is 22.6 Å². The molecule has 2 heterocycles. The molecule has 2 aromatic heterocycles. The van der Waals surface area contributed by atoms with Crippen molar-refractivity contribution in [3.63, 3.8) is 0 Å². The molecule has 0 saturated carbocycles. The predicted molar refractivity (Wildman–Crippen MR) is 81.9 cm³/mol. The van der Waals surface area contributed by atoms with Crippen molar-refractivity contribution in [1.29, 1.82) is 0 Å². The summed E-state index contributed by atoms with van der Waals surface area (Å²) in [5.41, 5.74) is 2.30. The molecule has 0 spiro atoms. The number of carbonyl (C=O) groups excluding carboxylic acids is 1. The molecule has 0 fully saturated rings. The fourth-order valence-electron chi connectivity index (χ4n) is 1.87. The molecule has 4 nitrogen and oxygen atoms in total. The smallest absolute Gasteiger partial charge is 0.408 e. The van der Waals surface area contributed by atoms with Crippen molar-refractivity contribution in [3.8, 4) is 0 Å². The number of aromatic nitrogens is 1. The van der Waals surface area contributed by atoms with Gasteiger partial charge in [0.2, 0.25) is 0 Å². The molecule has 0 N–H and O–H groups in total. The summed E-state index contributed by atoms with van der Waals surface area (Å²) in [6.07, 6.45) is 0. The number of carbonyl (C=O) groups is 1. The Hall–Kier alpha value is -1.41. The summed E-state index contributed by atoms with van der Waals surface area (Å²) in [6.45, 7) is 0. The minimum atomic E-state index is -0.426. The van der Waals surface area contributed by atoms with E-state index in [1.54, 1.807) is 25.2 Å². The number of oxazole rings is 1. The van der Waals surface area contributed by atoms with Crippen LogP contribution in [0.15, 0.2) is 38.9 Å². The molecule has 0 bridgehead atoms. The molecule has 0 unspecified atom stereocenters. The summed E-state index contributed by atoms with van der Waals surface area (Å²) in [6, 6.07) is 6.90. The third-order valence-electron chi connectivity index (χ3n) is 2.88. The van der Waals surface area contributed by atoms with Crippen LogP contribution in [0, 0.1) is 2.88 Å². The Morgan fingerprint density at radius 1 is 1.32 bits per heavy atom. The number of aryl methyl sites for hydroxylation is 1. The predicted octanol–water partition coefficient (Wildman–Crippen LogP) is 3.03. The minimum absolute atomic E-state index is 0.0624. The summed E-state index contributed by atoms with van der Waals surface area (Å²) in [5.74, 6) is -0.489. The van der Waals surface area contributed by atoms with E-state index >= 15 is 0 Å². The molecule has 0 aliphatic carbocycles. The van der Waals surface area contributed by atoms with E-state index in [9.17, 15) is 9.59 Å². The van der Waals surface area contributed by atoms with Gasteiger partial charge in [-0.05, 0) is 46.9 Å². The van der Waals surface area contributed by atoms with Gasteiger partial charge in [-0.25, -0.2) is 4.79 Å². The van der Waals surface area contributed by atoms with Crippen molar-refractivity contribution < 1.29 is 9.21 Å². The summed E-state index contributed by atoms with van der Waals surface area (Å²) in [5, 5.41) is 1.83. The molecule has 0 atom stereocenters. The number of hydrogen-bond acceptors (Lipinski definition) is 4. The van der Waals surface area contributed by atoms with Crippen LogP contribution >= 0.6 is 33.9 Å². The summed E-state index contributed by atoms with van der Waals surface area (Å²) in [4.78, 5) is 23.7. The molecule has 6 heteroatoms. The SMILES string of the molecule is Cn1c(=O)oc2cc(C(=O)c3csc(I)c3)ccc21. The van der Waals surface area contributed by atoms with Gasteiger partial charge in [0, 0.05) is 23.6 Å². The summed E-state index contributed by atoms with van der Waals surface area (Å²) in [7, 11) is 1.64. The van der Waals surface area contributed by atoms with Gasteiger partial charge in [-0.2, -0.15) is 0 Å². The van der Waals surface area contributed by atoms with Crippen molar-refractivity contribution >= 4 is 50.8 Å². The molecule has 1 aromatic carbocycles. The zero-order chi connectivity index (χ0) is 13.6. The van der Waals surface area contributed by atoms with E-state index in [-0.39, 0.29) is 5.78 Å². The van der Waals surface area contributed by atoms with Crippen molar-refractivity contribution in [2.75, 3.05) is 0 Å². The van der Waals surface area contributed by atoms with E-state index < -0.39 is 5.76 Å². The molecule has 3 rings (SSSR count). The van der Waals surface area contributed by atoms with Gasteiger partial charge >= 0.3 is 5.76 Å². The van der Waals surface area contributed by atoms with Crippen molar-refractivity contribution in [2.24, 2.45) is 7.05 Å². The number of benzene rings is 1. The average Bonchev–Trinajstić information content (AvgIpc) is 2.94. The second kappa shape index (κ2) is 4.61. The quantitative estimate of drug-likeness (QED) is 0.504. The van der Waals surface area contributed by atoms with Crippen LogP contribution in [0.25, 0.3) is 11.1 Å². The van der Waals surface area contributed by atoms with Gasteiger partial charge in [0.25, 0.3) is 0 Å². The van der Waals surface area contributed by atoms with Crippen LogP contribution < -0.4 is 5.76 Å². The Balaban J connectivity index is 2.11. The number of hydrogen-bond donors (Lipinski definition) is 0. The molecular weight excluding hydrogens is 377 g/mol. The zero-order valence-corrected chi connectivity index (χ0v) is 12.8. The highest BCUT2D eigenvalue weighted by atomic mass is 127. The highest BCUT2D eigenvalue weighted by Crippen LogP contribution is 2.21. The van der Waals surface area contributed by atoms with Gasteiger partial charge < -0.3 is 4.42 Å². The monoisotopic (exact) mass is 385 g/mol. The van der Waals surface area contributed by atoms with Crippen LogP contribution in [0.3, 0.4) is 0 Å². The van der Waals surface area contributed by atoms with Crippen LogP contribution in [-0.4, -0.2) is 10.4 Å². The van der Waals surface area contributed by atoms with Crippen LogP contribution in [0.4, 0.5) is 0 Å². The maximum Gasteiger partial charge on any atom is 0.419 e. The molecular formula is C13H8INO3S. The first kappa shape index (κ1) is 12.6. The third-order valence-corrected chi connectivity index (χ3v) is 4.67. The average molecular weight is 385 g/mol. The number of fused-ring (bicyclic) bond motifs is 1. The van der Waals surface area contributed by atoms with Crippen LogP contribution in [0.1, 0.15) is 15.9 Å². The first-order valence-corrected chi connectivity index (χ1v) is 7.40. The van der Waals surface area contributed by atoms with Crippen LogP contribution in [-0.2, 0) is 7.05 Å². The van der Waals surface area contributed by atoms with E-state index in [0.717, 1.165) is 2.88 Å². The van der Waals surface area contributed by atoms with Crippen molar-refractivity contribution in [2.45, 2.75) is 0 Å². The summed E-state index contributed by atoms with van der Waals surface area (Å²) < 4.78 is 7.56. The first-order valence-electron chi connectivity index (χ1n) is 5.44. The standard InChI is InChI=1S/C13H8INO3S/c1-15-9-3-2-7(4-10(9)18-13(15)17)12(16)8-5-11(14)19-6-8/h2-6H,1H3. The minimum Gasteiger partial charge on any atom is -0.408 e. The van der Waals surface area contributed by atoms with Gasteiger partial charge in [-0.3, -0.25) is 9.36 Å². The molecule has 96 valence electrons. The molecule has 0 aliphatic heterocycles. The third kappa shape index (κ3) is 2.14. The van der Waals surface area contributed by atoms with Gasteiger partial charge in [0.05, 0.1) is 8.40 Å². The van der Waals surface area contributed by atoms with Gasteiger partial charge in [-0.1, -0.05) is 0 Å². The lowest BCUT2D eigenvalue weighted by molar-refractivity contribution is 0.103. The summed E-state index contributed by atoms with van der Waals surface area (Å²) >= 11 is 3.70. The molecule has 19 heavy (non-hydrogen) atoms. The highest BCUT2D eigenvalue weighted by molar-refractivity contribution is 14.1. The Labute approximate surface area is 125 Å². The van der Waals surface area contributed by atoms with E-state index in [1.165, 1.54) is 15.9 Å². The lowest BCUT2D eigenvalue weighted by atomic mass is 10.1. The molecule has 0 amide bonds. The van der Waals surface area contributed by atoms with Gasteiger partial charge in [-0.15, -0.1) is 11.3 Å². The molecule has 0 saturated heterocycles. The van der Waals surface area contributed by atoms with Crippen molar-refractivity contribution in [1.82, 2.24) is 4.57 Å². The normalized spacial score (nSPS) is 11.1. The van der Waals surface area contributed by atoms with Crippen LogP contribution in [0.2, 0.25) is 0 Å². The lowest BCUT2D eigenvalue weighted by Crippen LogP contribution is -2.08. The largest absolute Gasteiger partial charge is 0.419 e. The Morgan fingerprint density at radius 3 is 2.79 bits per heavy atom. The molecule has 0 radical (unpaired) electrons. The first-order chi connectivity index (χ1) is 9.06. The highest BCUT2D eigenvalue weighted by Gasteiger charge is 2.14. The van der Waals surface area contributed by atoms with E-state index in [1.807, 2.05) is 11.4 Å². The fourth-order valence-corrected chi connectivity index (χ4v) is 3.20. The van der Waals surface area contributed by atoms with Crippen LogP contribution in [0.5, 0.6) is 0 Å². The number of halogens is 1.